The van der Waals surface area contributed by atoms with Crippen LogP contribution in [-0.2, 0) is 9.53 Å². The van der Waals surface area contributed by atoms with Gasteiger partial charge in [0.2, 0.25) is 5.91 Å². The van der Waals surface area contributed by atoms with Crippen LogP contribution in [0.25, 0.3) is 10.9 Å². The number of halogens is 4. The van der Waals surface area contributed by atoms with E-state index in [0.29, 0.717) is 5.39 Å². The van der Waals surface area contributed by atoms with Crippen molar-refractivity contribution in [2.45, 2.75) is 57.7 Å². The molecule has 0 radical (unpaired) electrons. The number of hydrogen-bond acceptors (Lipinski definition) is 3. The third kappa shape index (κ3) is 5.23. The van der Waals surface area contributed by atoms with Crippen molar-refractivity contribution in [3.8, 4) is 0 Å². The number of para-hydroxylation sites is 1. The molecular weight excluding hydrogens is 388 g/mol. The van der Waals surface area contributed by atoms with E-state index in [4.69, 9.17) is 4.74 Å². The number of anilines is 1. The molecule has 1 heterocycles. The van der Waals surface area contributed by atoms with Gasteiger partial charge in [-0.3, -0.25) is 9.78 Å². The van der Waals surface area contributed by atoms with E-state index in [-0.39, 0.29) is 17.8 Å². The molecule has 2 aromatic rings. The quantitative estimate of drug-likeness (QED) is 0.627. The molecule has 0 saturated heterocycles. The number of pyridine rings is 1. The monoisotopic (exact) mass is 412 g/mol. The summed E-state index contributed by atoms with van der Waals surface area (Å²) in [5.41, 5.74) is -1.98. The van der Waals surface area contributed by atoms with E-state index >= 15 is 0 Å². The summed E-state index contributed by atoms with van der Waals surface area (Å²) in [6.45, 7) is 2.78. The number of rotatable bonds is 6. The summed E-state index contributed by atoms with van der Waals surface area (Å²) in [5, 5.41) is 2.94. The predicted octanol–water partition coefficient (Wildman–Crippen LogP) is 5.62. The summed E-state index contributed by atoms with van der Waals surface area (Å²) < 4.78 is 59.2. The minimum atomic E-state index is -4.53. The number of hydrogen-bond donors (Lipinski definition) is 1. The lowest BCUT2D eigenvalue weighted by Crippen LogP contribution is -2.43. The summed E-state index contributed by atoms with van der Waals surface area (Å²) in [7, 11) is 0. The van der Waals surface area contributed by atoms with Crippen LogP contribution < -0.4 is 5.32 Å². The third-order valence-corrected chi connectivity index (χ3v) is 5.46. The molecule has 1 unspecified atom stereocenters. The van der Waals surface area contributed by atoms with Gasteiger partial charge in [0.15, 0.2) is 0 Å². The van der Waals surface area contributed by atoms with Gasteiger partial charge in [0.25, 0.3) is 0 Å². The Kier molecular flexibility index (Phi) is 5.85. The van der Waals surface area contributed by atoms with Crippen molar-refractivity contribution in [1.29, 1.82) is 0 Å². The Bertz CT molecular complexity index is 894. The second-order valence-corrected chi connectivity index (χ2v) is 8.29. The zero-order valence-electron chi connectivity index (χ0n) is 16.4. The normalized spacial score (nSPS) is 18.6. The van der Waals surface area contributed by atoms with Gasteiger partial charge in [-0.2, -0.15) is 13.2 Å². The molecule has 1 atom stereocenters. The van der Waals surface area contributed by atoms with Gasteiger partial charge in [-0.25, -0.2) is 4.39 Å². The molecule has 3 rings (SSSR count). The van der Waals surface area contributed by atoms with Gasteiger partial charge < -0.3 is 10.1 Å². The number of ether oxygens (including phenoxy) is 1. The van der Waals surface area contributed by atoms with Crippen molar-refractivity contribution in [3.63, 3.8) is 0 Å². The highest BCUT2D eigenvalue weighted by molar-refractivity contribution is 5.96. The van der Waals surface area contributed by atoms with E-state index in [1.54, 1.807) is 6.07 Å². The zero-order chi connectivity index (χ0) is 21.3. The fourth-order valence-corrected chi connectivity index (χ4v) is 3.71. The molecular formula is C21H24F4N2O2. The van der Waals surface area contributed by atoms with E-state index < -0.39 is 35.3 Å². The smallest absolute Gasteiger partial charge is 0.374 e. The van der Waals surface area contributed by atoms with Crippen LogP contribution in [0, 0.1) is 11.2 Å². The highest BCUT2D eigenvalue weighted by Gasteiger charge is 2.46. The van der Waals surface area contributed by atoms with Crippen molar-refractivity contribution in [2.24, 2.45) is 5.41 Å². The molecule has 0 bridgehead atoms. The van der Waals surface area contributed by atoms with Crippen LogP contribution in [0.15, 0.2) is 30.5 Å². The van der Waals surface area contributed by atoms with Crippen LogP contribution in [0.5, 0.6) is 0 Å². The molecule has 1 fully saturated rings. The van der Waals surface area contributed by atoms with Crippen molar-refractivity contribution < 1.29 is 27.1 Å². The number of carbonyl (C=O) groups excluding carboxylic acids is 1. The molecule has 1 N–H and O–H groups in total. The summed E-state index contributed by atoms with van der Waals surface area (Å²) in [6, 6.07) is 5.85. The third-order valence-electron chi connectivity index (χ3n) is 5.46. The van der Waals surface area contributed by atoms with Crippen molar-refractivity contribution >= 4 is 22.5 Å². The first-order valence-corrected chi connectivity index (χ1v) is 9.56. The Morgan fingerprint density at radius 3 is 2.62 bits per heavy atom. The topological polar surface area (TPSA) is 51.2 Å². The Labute approximate surface area is 166 Å². The van der Waals surface area contributed by atoms with E-state index in [0.717, 1.165) is 25.7 Å². The lowest BCUT2D eigenvalue weighted by atomic mass is 9.85. The SMILES string of the molecule is CC1(OCC(C)(CC(F)(F)F)C(=O)Nc2cnc3c(F)cccc3c2)CCCC1. The van der Waals surface area contributed by atoms with Gasteiger partial charge in [0.1, 0.15) is 11.3 Å². The van der Waals surface area contributed by atoms with Gasteiger partial charge in [-0.05, 0) is 38.8 Å². The van der Waals surface area contributed by atoms with E-state index in [1.165, 1.54) is 31.3 Å². The number of carbonyl (C=O) groups is 1. The fourth-order valence-electron chi connectivity index (χ4n) is 3.71. The molecule has 1 aliphatic rings. The fraction of sp³-hybridized carbons (Fsp3) is 0.524. The largest absolute Gasteiger partial charge is 0.390 e. The number of alkyl halides is 3. The molecule has 1 saturated carbocycles. The maximum Gasteiger partial charge on any atom is 0.390 e. The zero-order valence-corrected chi connectivity index (χ0v) is 16.4. The molecule has 0 aliphatic heterocycles. The van der Waals surface area contributed by atoms with Crippen molar-refractivity contribution in [1.82, 2.24) is 4.98 Å². The van der Waals surface area contributed by atoms with Crippen LogP contribution in [0.4, 0.5) is 23.2 Å². The molecule has 8 heteroatoms. The Morgan fingerprint density at radius 2 is 1.97 bits per heavy atom. The van der Waals surface area contributed by atoms with Crippen molar-refractivity contribution in [3.05, 3.63) is 36.3 Å². The average Bonchev–Trinajstić information content (AvgIpc) is 3.06. The number of nitrogens with one attached hydrogen (secondary N) is 1. The van der Waals surface area contributed by atoms with Gasteiger partial charge in [0.05, 0.1) is 35.9 Å². The Morgan fingerprint density at radius 1 is 1.28 bits per heavy atom. The van der Waals surface area contributed by atoms with E-state index in [1.807, 2.05) is 6.92 Å². The van der Waals surface area contributed by atoms with Crippen LogP contribution in [0.2, 0.25) is 0 Å². The number of fused-ring (bicyclic) bond motifs is 1. The van der Waals surface area contributed by atoms with Crippen LogP contribution in [0.1, 0.15) is 46.0 Å². The second kappa shape index (κ2) is 7.89. The van der Waals surface area contributed by atoms with Gasteiger partial charge in [0, 0.05) is 5.39 Å². The summed E-state index contributed by atoms with van der Waals surface area (Å²) >= 11 is 0. The Balaban J connectivity index is 1.80. The first-order chi connectivity index (χ1) is 13.5. The maximum atomic E-state index is 13.7. The molecule has 1 aromatic carbocycles. The van der Waals surface area contributed by atoms with Crippen LogP contribution in [0.3, 0.4) is 0 Å². The highest BCUT2D eigenvalue weighted by atomic mass is 19.4. The molecule has 29 heavy (non-hydrogen) atoms. The number of aromatic nitrogens is 1. The number of nitrogens with zero attached hydrogens (tertiary/aromatic N) is 1. The molecule has 1 aliphatic carbocycles. The molecule has 4 nitrogen and oxygen atoms in total. The predicted molar refractivity (Wildman–Crippen MR) is 102 cm³/mol. The molecule has 1 aromatic heterocycles. The first-order valence-electron chi connectivity index (χ1n) is 9.56. The average molecular weight is 412 g/mol. The highest BCUT2D eigenvalue weighted by Crippen LogP contribution is 2.39. The summed E-state index contributed by atoms with van der Waals surface area (Å²) in [5.74, 6) is -1.32. The number of amides is 1. The first kappa shape index (κ1) is 21.5. The van der Waals surface area contributed by atoms with Gasteiger partial charge >= 0.3 is 6.18 Å². The maximum absolute atomic E-state index is 13.7. The van der Waals surface area contributed by atoms with Gasteiger partial charge in [-0.15, -0.1) is 0 Å². The van der Waals surface area contributed by atoms with Gasteiger partial charge in [-0.1, -0.05) is 25.0 Å². The molecule has 1 amide bonds. The lowest BCUT2D eigenvalue weighted by Gasteiger charge is -2.33. The lowest BCUT2D eigenvalue weighted by molar-refractivity contribution is -0.177. The molecule has 0 spiro atoms. The summed E-state index contributed by atoms with van der Waals surface area (Å²) in [4.78, 5) is 16.8. The minimum Gasteiger partial charge on any atom is -0.374 e. The van der Waals surface area contributed by atoms with E-state index in [2.05, 4.69) is 10.3 Å². The standard InChI is InChI=1S/C21H24F4N2O2/c1-19(12-21(23,24)25,13-29-20(2)8-3-4-9-20)18(28)27-15-10-14-6-5-7-16(22)17(14)26-11-15/h5-7,10-11H,3-4,8-9,12-13H2,1-2H3,(H,27,28). The van der Waals surface area contributed by atoms with E-state index in [9.17, 15) is 22.4 Å². The number of benzene rings is 1. The molecule has 158 valence electrons. The Hall–Kier alpha value is -2.22. The van der Waals surface area contributed by atoms with Crippen LogP contribution in [-0.4, -0.2) is 29.3 Å². The summed E-state index contributed by atoms with van der Waals surface area (Å²) in [6.07, 6.45) is -1.17. The van der Waals surface area contributed by atoms with Crippen LogP contribution >= 0.6 is 0 Å². The minimum absolute atomic E-state index is 0.126. The van der Waals surface area contributed by atoms with Crippen molar-refractivity contribution in [2.75, 3.05) is 11.9 Å². The second-order valence-electron chi connectivity index (χ2n) is 8.29.